The van der Waals surface area contributed by atoms with Gasteiger partial charge in [-0.25, -0.2) is 4.98 Å². The summed E-state index contributed by atoms with van der Waals surface area (Å²) in [6.45, 7) is 6.75. The van der Waals surface area contributed by atoms with Gasteiger partial charge < -0.3 is 9.47 Å². The lowest BCUT2D eigenvalue weighted by molar-refractivity contribution is 0.0660. The molecule has 3 heterocycles. The topological polar surface area (TPSA) is 51.0 Å². The van der Waals surface area contributed by atoms with Gasteiger partial charge in [-0.2, -0.15) is 0 Å². The zero-order valence-corrected chi connectivity index (χ0v) is 15.8. The Hall–Kier alpha value is -2.17. The Balaban J connectivity index is 1.45. The zero-order valence-electron chi connectivity index (χ0n) is 15.8. The first-order valence-electron chi connectivity index (χ1n) is 9.86. The molecule has 1 saturated carbocycles. The Labute approximate surface area is 155 Å². The van der Waals surface area contributed by atoms with Crippen LogP contribution in [-0.2, 0) is 6.54 Å². The van der Waals surface area contributed by atoms with Gasteiger partial charge in [-0.05, 0) is 57.6 Å². The number of imidazole rings is 1. The number of hydrogen-bond donors (Lipinski definition) is 0. The molecule has 0 bridgehead atoms. The van der Waals surface area contributed by atoms with E-state index in [9.17, 15) is 4.79 Å². The first-order valence-corrected chi connectivity index (χ1v) is 9.86. The molecule has 138 valence electrons. The fourth-order valence-electron chi connectivity index (χ4n) is 4.14. The van der Waals surface area contributed by atoms with Crippen molar-refractivity contribution < 1.29 is 4.79 Å². The van der Waals surface area contributed by atoms with Crippen molar-refractivity contribution in [3.63, 3.8) is 0 Å². The van der Waals surface area contributed by atoms with Crippen LogP contribution in [0, 0.1) is 19.8 Å². The summed E-state index contributed by atoms with van der Waals surface area (Å²) < 4.78 is 2.41. The Bertz CT molecular complexity index is 776. The number of piperidine rings is 1. The fraction of sp³-hybridized carbons (Fsp3) is 0.571. The first-order chi connectivity index (χ1) is 12.6. The largest absolute Gasteiger partial charge is 0.338 e. The van der Waals surface area contributed by atoms with Crippen molar-refractivity contribution in [3.8, 4) is 0 Å². The highest BCUT2D eigenvalue weighted by molar-refractivity contribution is 5.94. The van der Waals surface area contributed by atoms with Crippen LogP contribution in [0.1, 0.15) is 65.6 Å². The van der Waals surface area contributed by atoms with Gasteiger partial charge >= 0.3 is 0 Å². The summed E-state index contributed by atoms with van der Waals surface area (Å²) >= 11 is 0. The van der Waals surface area contributed by atoms with Crippen molar-refractivity contribution in [1.82, 2.24) is 19.4 Å². The molecule has 1 saturated heterocycles. The predicted octanol–water partition coefficient (Wildman–Crippen LogP) is 3.71. The SMILES string of the molecule is Cc1ccc(C(=O)N2CCCC(Cn3c(C)cnc3C3CCC3)C2)cn1. The zero-order chi connectivity index (χ0) is 18.1. The van der Waals surface area contributed by atoms with Crippen LogP contribution < -0.4 is 0 Å². The fourth-order valence-corrected chi connectivity index (χ4v) is 4.14. The third-order valence-electron chi connectivity index (χ3n) is 5.96. The lowest BCUT2D eigenvalue weighted by Gasteiger charge is -2.34. The Kier molecular flexibility index (Phi) is 4.79. The number of aromatic nitrogens is 3. The summed E-state index contributed by atoms with van der Waals surface area (Å²) in [4.78, 5) is 23.8. The number of hydrogen-bond acceptors (Lipinski definition) is 3. The molecule has 2 aromatic rings. The summed E-state index contributed by atoms with van der Waals surface area (Å²) in [7, 11) is 0. The highest BCUT2D eigenvalue weighted by atomic mass is 16.2. The minimum Gasteiger partial charge on any atom is -0.338 e. The van der Waals surface area contributed by atoms with Crippen LogP contribution in [0.4, 0.5) is 0 Å². The standard InChI is InChI=1S/C21H28N4O/c1-15-8-9-19(12-22-15)21(26)24-10-4-5-17(13-24)14-25-16(2)11-23-20(25)18-6-3-7-18/h8-9,11-12,17-18H,3-7,10,13-14H2,1-2H3. The minimum absolute atomic E-state index is 0.115. The third kappa shape index (κ3) is 3.39. The van der Waals surface area contributed by atoms with Gasteiger partial charge in [0, 0.05) is 49.3 Å². The molecule has 2 fully saturated rings. The number of likely N-dealkylation sites (tertiary alicyclic amines) is 1. The van der Waals surface area contributed by atoms with Gasteiger partial charge in [0.05, 0.1) is 5.56 Å². The van der Waals surface area contributed by atoms with Crippen LogP contribution in [0.2, 0.25) is 0 Å². The molecule has 1 atom stereocenters. The molecule has 0 radical (unpaired) electrons. The van der Waals surface area contributed by atoms with Gasteiger partial charge in [-0.1, -0.05) is 6.42 Å². The van der Waals surface area contributed by atoms with Gasteiger partial charge in [-0.3, -0.25) is 9.78 Å². The van der Waals surface area contributed by atoms with Crippen LogP contribution in [0.5, 0.6) is 0 Å². The van der Waals surface area contributed by atoms with Crippen LogP contribution >= 0.6 is 0 Å². The quantitative estimate of drug-likeness (QED) is 0.843. The molecule has 0 spiro atoms. The molecule has 1 amide bonds. The second-order valence-corrected chi connectivity index (χ2v) is 7.94. The number of pyridine rings is 1. The lowest BCUT2D eigenvalue weighted by Crippen LogP contribution is -2.41. The van der Waals surface area contributed by atoms with Crippen molar-refractivity contribution in [1.29, 1.82) is 0 Å². The van der Waals surface area contributed by atoms with Gasteiger partial charge in [-0.15, -0.1) is 0 Å². The molecule has 1 aliphatic heterocycles. The van der Waals surface area contributed by atoms with Crippen molar-refractivity contribution in [2.75, 3.05) is 13.1 Å². The smallest absolute Gasteiger partial charge is 0.255 e. The maximum absolute atomic E-state index is 12.8. The van der Waals surface area contributed by atoms with Gasteiger partial charge in [0.2, 0.25) is 0 Å². The molecule has 1 aliphatic carbocycles. The Morgan fingerprint density at radius 3 is 2.65 bits per heavy atom. The number of nitrogens with zero attached hydrogens (tertiary/aromatic N) is 4. The summed E-state index contributed by atoms with van der Waals surface area (Å²) in [6, 6.07) is 3.80. The molecule has 1 unspecified atom stereocenters. The number of carbonyl (C=O) groups excluding carboxylic acids is 1. The molecule has 5 nitrogen and oxygen atoms in total. The van der Waals surface area contributed by atoms with Crippen molar-refractivity contribution in [3.05, 3.63) is 47.3 Å². The van der Waals surface area contributed by atoms with Crippen LogP contribution in [0.25, 0.3) is 0 Å². The molecule has 4 rings (SSSR count). The van der Waals surface area contributed by atoms with Gasteiger partial charge in [0.15, 0.2) is 0 Å². The maximum Gasteiger partial charge on any atom is 0.255 e. The lowest BCUT2D eigenvalue weighted by atomic mass is 9.84. The van der Waals surface area contributed by atoms with Crippen molar-refractivity contribution in [2.24, 2.45) is 5.92 Å². The average molecular weight is 352 g/mol. The van der Waals surface area contributed by atoms with E-state index < -0.39 is 0 Å². The monoisotopic (exact) mass is 352 g/mol. The van der Waals surface area contributed by atoms with E-state index in [0.29, 0.717) is 17.4 Å². The highest BCUT2D eigenvalue weighted by Crippen LogP contribution is 2.36. The molecular formula is C21H28N4O. The summed E-state index contributed by atoms with van der Waals surface area (Å²) in [5.74, 6) is 2.52. The van der Waals surface area contributed by atoms with E-state index in [1.165, 1.54) is 37.2 Å². The van der Waals surface area contributed by atoms with E-state index in [-0.39, 0.29) is 5.91 Å². The normalized spacial score (nSPS) is 20.8. The summed E-state index contributed by atoms with van der Waals surface area (Å²) in [5, 5.41) is 0. The highest BCUT2D eigenvalue weighted by Gasteiger charge is 2.28. The number of carbonyl (C=O) groups is 1. The molecule has 2 aliphatic rings. The first kappa shape index (κ1) is 17.3. The molecule has 0 aromatic carbocycles. The summed E-state index contributed by atoms with van der Waals surface area (Å²) in [5.41, 5.74) is 2.89. The van der Waals surface area contributed by atoms with E-state index in [0.717, 1.165) is 31.7 Å². The molecule has 26 heavy (non-hydrogen) atoms. The van der Waals surface area contributed by atoms with E-state index in [1.54, 1.807) is 6.20 Å². The van der Waals surface area contributed by atoms with Crippen LogP contribution in [0.3, 0.4) is 0 Å². The average Bonchev–Trinajstić information content (AvgIpc) is 2.95. The molecule has 2 aromatic heterocycles. The molecular weight excluding hydrogens is 324 g/mol. The minimum atomic E-state index is 0.115. The second-order valence-electron chi connectivity index (χ2n) is 7.94. The van der Waals surface area contributed by atoms with Crippen LogP contribution in [0.15, 0.2) is 24.5 Å². The maximum atomic E-state index is 12.8. The van der Waals surface area contributed by atoms with E-state index >= 15 is 0 Å². The van der Waals surface area contributed by atoms with Crippen molar-refractivity contribution in [2.45, 2.75) is 58.4 Å². The molecule has 5 heteroatoms. The predicted molar refractivity (Wildman–Crippen MR) is 101 cm³/mol. The van der Waals surface area contributed by atoms with E-state index in [2.05, 4.69) is 21.5 Å². The Morgan fingerprint density at radius 2 is 1.96 bits per heavy atom. The number of amides is 1. The Morgan fingerprint density at radius 1 is 1.12 bits per heavy atom. The number of rotatable bonds is 4. The van der Waals surface area contributed by atoms with Crippen LogP contribution in [-0.4, -0.2) is 38.4 Å². The van der Waals surface area contributed by atoms with Crippen molar-refractivity contribution >= 4 is 5.91 Å². The van der Waals surface area contributed by atoms with E-state index in [4.69, 9.17) is 0 Å². The molecule has 0 N–H and O–H groups in total. The van der Waals surface area contributed by atoms with Gasteiger partial charge in [0.25, 0.3) is 5.91 Å². The number of aryl methyl sites for hydroxylation is 2. The third-order valence-corrected chi connectivity index (χ3v) is 5.96. The second kappa shape index (κ2) is 7.22. The van der Waals surface area contributed by atoms with E-state index in [1.807, 2.05) is 30.2 Å². The van der Waals surface area contributed by atoms with Gasteiger partial charge in [0.1, 0.15) is 5.82 Å². The summed E-state index contributed by atoms with van der Waals surface area (Å²) in [6.07, 6.45) is 9.83.